The van der Waals surface area contributed by atoms with E-state index in [1.807, 2.05) is 15.8 Å². The minimum absolute atomic E-state index is 0.329. The molecule has 1 saturated heterocycles. The Labute approximate surface area is 133 Å². The Hall–Kier alpha value is -1.36. The molecule has 2 rings (SSSR count). The molecule has 1 aliphatic rings. The molecule has 0 aromatic carbocycles. The molecule has 0 radical (unpaired) electrons. The lowest BCUT2D eigenvalue weighted by molar-refractivity contribution is -0.132. The second kappa shape index (κ2) is 8.93. The predicted octanol–water partition coefficient (Wildman–Crippen LogP) is 2.52. The Kier molecular flexibility index (Phi) is 6.90. The van der Waals surface area contributed by atoms with Crippen LogP contribution in [-0.2, 0) is 11.3 Å². The van der Waals surface area contributed by atoms with Gasteiger partial charge >= 0.3 is 0 Å². The average molecular weight is 306 g/mol. The molecule has 5 heteroatoms. The topological polar surface area (TPSA) is 64.2 Å². The molecule has 0 saturated carbocycles. The van der Waals surface area contributed by atoms with E-state index < -0.39 is 0 Å². The van der Waals surface area contributed by atoms with Crippen LogP contribution in [-0.4, -0.2) is 40.2 Å². The molecular formula is C17H30N4O. The molecule has 1 amide bonds. The summed E-state index contributed by atoms with van der Waals surface area (Å²) in [6.45, 7) is 5.57. The summed E-state index contributed by atoms with van der Waals surface area (Å²) in [7, 11) is 0. The van der Waals surface area contributed by atoms with Crippen molar-refractivity contribution in [3.63, 3.8) is 0 Å². The molecule has 124 valence electrons. The number of nitrogens with zero attached hydrogens (tertiary/aromatic N) is 3. The van der Waals surface area contributed by atoms with E-state index in [1.54, 1.807) is 0 Å². The van der Waals surface area contributed by atoms with Gasteiger partial charge in [-0.3, -0.25) is 9.48 Å². The van der Waals surface area contributed by atoms with Crippen molar-refractivity contribution in [3.8, 4) is 0 Å². The zero-order valence-electron chi connectivity index (χ0n) is 13.8. The maximum atomic E-state index is 12.2. The molecule has 0 atom stereocenters. The fourth-order valence-corrected chi connectivity index (χ4v) is 3.16. The summed E-state index contributed by atoms with van der Waals surface area (Å²) < 4.78 is 1.98. The van der Waals surface area contributed by atoms with Gasteiger partial charge < -0.3 is 10.6 Å². The number of hydrogen-bond acceptors (Lipinski definition) is 3. The molecule has 5 nitrogen and oxygen atoms in total. The van der Waals surface area contributed by atoms with Crippen molar-refractivity contribution in [1.29, 1.82) is 0 Å². The van der Waals surface area contributed by atoms with Crippen LogP contribution in [0.5, 0.6) is 0 Å². The molecule has 0 spiro atoms. The highest BCUT2D eigenvalue weighted by Crippen LogP contribution is 2.28. The summed E-state index contributed by atoms with van der Waals surface area (Å²) in [6, 6.07) is 0. The van der Waals surface area contributed by atoms with Crippen LogP contribution in [0.4, 0.5) is 0 Å². The zero-order chi connectivity index (χ0) is 15.8. The highest BCUT2D eigenvalue weighted by Gasteiger charge is 2.24. The van der Waals surface area contributed by atoms with E-state index in [0.29, 0.717) is 18.2 Å². The van der Waals surface area contributed by atoms with Crippen molar-refractivity contribution in [2.24, 2.45) is 5.73 Å². The summed E-state index contributed by atoms with van der Waals surface area (Å²) in [5, 5.41) is 4.36. The minimum atomic E-state index is 0.329. The highest BCUT2D eigenvalue weighted by atomic mass is 16.2. The van der Waals surface area contributed by atoms with Crippen LogP contribution < -0.4 is 5.73 Å². The molecule has 1 aliphatic heterocycles. The van der Waals surface area contributed by atoms with E-state index in [1.165, 1.54) is 5.56 Å². The lowest BCUT2D eigenvalue weighted by atomic mass is 9.91. The first kappa shape index (κ1) is 17.0. The van der Waals surface area contributed by atoms with Crippen LogP contribution in [0.2, 0.25) is 0 Å². The van der Waals surface area contributed by atoms with Gasteiger partial charge in [0.2, 0.25) is 5.91 Å². The monoisotopic (exact) mass is 306 g/mol. The summed E-state index contributed by atoms with van der Waals surface area (Å²) >= 11 is 0. The quantitative estimate of drug-likeness (QED) is 0.751. The minimum Gasteiger partial charge on any atom is -0.343 e. The summed E-state index contributed by atoms with van der Waals surface area (Å²) in [4.78, 5) is 14.3. The fraction of sp³-hybridized carbons (Fsp3) is 0.765. The molecule has 2 heterocycles. The maximum absolute atomic E-state index is 12.2. The third-order valence-electron chi connectivity index (χ3n) is 4.64. The fourth-order valence-electron chi connectivity index (χ4n) is 3.16. The van der Waals surface area contributed by atoms with Crippen LogP contribution >= 0.6 is 0 Å². The Bertz CT molecular complexity index is 449. The van der Waals surface area contributed by atoms with Crippen molar-refractivity contribution in [2.75, 3.05) is 19.6 Å². The molecule has 1 aromatic heterocycles. The number of rotatable bonds is 8. The lowest BCUT2D eigenvalue weighted by Gasteiger charge is -2.31. The van der Waals surface area contributed by atoms with Crippen molar-refractivity contribution >= 4 is 5.91 Å². The number of aromatic nitrogens is 2. The lowest BCUT2D eigenvalue weighted by Crippen LogP contribution is -2.37. The smallest absolute Gasteiger partial charge is 0.222 e. The van der Waals surface area contributed by atoms with Crippen molar-refractivity contribution in [3.05, 3.63) is 18.0 Å². The van der Waals surface area contributed by atoms with Crippen LogP contribution in [0.25, 0.3) is 0 Å². The van der Waals surface area contributed by atoms with Crippen molar-refractivity contribution in [2.45, 2.75) is 64.3 Å². The largest absolute Gasteiger partial charge is 0.343 e. The van der Waals surface area contributed by atoms with Crippen LogP contribution in [0.1, 0.15) is 63.4 Å². The summed E-state index contributed by atoms with van der Waals surface area (Å²) in [5.41, 5.74) is 6.81. The number of likely N-dealkylation sites (tertiary alicyclic amines) is 1. The second-order valence-electron chi connectivity index (χ2n) is 6.24. The number of nitrogens with two attached hydrogens (primary N) is 1. The van der Waals surface area contributed by atoms with Gasteiger partial charge in [-0.2, -0.15) is 5.10 Å². The molecule has 2 N–H and O–H groups in total. The average Bonchev–Trinajstić information content (AvgIpc) is 3.04. The number of hydrogen-bond donors (Lipinski definition) is 1. The normalized spacial score (nSPS) is 16.2. The summed E-state index contributed by atoms with van der Waals surface area (Å²) in [6.07, 6.45) is 11.3. The Morgan fingerprint density at radius 2 is 2.00 bits per heavy atom. The van der Waals surface area contributed by atoms with E-state index in [0.717, 1.165) is 64.7 Å². The van der Waals surface area contributed by atoms with Crippen LogP contribution in [0.3, 0.4) is 0 Å². The van der Waals surface area contributed by atoms with Gasteiger partial charge in [-0.15, -0.1) is 0 Å². The summed E-state index contributed by atoms with van der Waals surface area (Å²) in [5.74, 6) is 0.893. The van der Waals surface area contributed by atoms with Gasteiger partial charge in [0.05, 0.1) is 6.20 Å². The molecule has 0 unspecified atom stereocenters. The number of unbranched alkanes of at least 4 members (excludes halogenated alkanes) is 3. The van der Waals surface area contributed by atoms with Gasteiger partial charge in [0.1, 0.15) is 0 Å². The standard InChI is InChI=1S/C17H30N4O/c1-2-21-14-16(13-19-21)15-8-11-20(12-9-15)17(22)7-5-3-4-6-10-18/h13-15H,2-12,18H2,1H3. The molecule has 22 heavy (non-hydrogen) atoms. The molecule has 1 fully saturated rings. The van der Waals surface area contributed by atoms with Gasteiger partial charge in [0.25, 0.3) is 0 Å². The van der Waals surface area contributed by atoms with Crippen LogP contribution in [0, 0.1) is 0 Å². The first-order valence-electron chi connectivity index (χ1n) is 8.74. The van der Waals surface area contributed by atoms with E-state index >= 15 is 0 Å². The van der Waals surface area contributed by atoms with Gasteiger partial charge in [0.15, 0.2) is 0 Å². The number of carbonyl (C=O) groups excluding carboxylic acids is 1. The van der Waals surface area contributed by atoms with E-state index in [4.69, 9.17) is 5.73 Å². The molecule has 0 bridgehead atoms. The number of carbonyl (C=O) groups is 1. The SMILES string of the molecule is CCn1cc(C2CCN(C(=O)CCCCCCN)CC2)cn1. The first-order chi connectivity index (χ1) is 10.7. The zero-order valence-corrected chi connectivity index (χ0v) is 13.8. The third kappa shape index (κ3) is 4.83. The van der Waals surface area contributed by atoms with Gasteiger partial charge in [-0.1, -0.05) is 12.8 Å². The van der Waals surface area contributed by atoms with Gasteiger partial charge in [-0.25, -0.2) is 0 Å². The Morgan fingerprint density at radius 3 is 2.64 bits per heavy atom. The number of piperidine rings is 1. The third-order valence-corrected chi connectivity index (χ3v) is 4.64. The van der Waals surface area contributed by atoms with Crippen molar-refractivity contribution < 1.29 is 4.79 Å². The van der Waals surface area contributed by atoms with Gasteiger partial charge in [0, 0.05) is 32.3 Å². The Balaban J connectivity index is 1.68. The van der Waals surface area contributed by atoms with Gasteiger partial charge in [-0.05, 0) is 50.6 Å². The molecular weight excluding hydrogens is 276 g/mol. The van der Waals surface area contributed by atoms with Crippen LogP contribution in [0.15, 0.2) is 12.4 Å². The molecule has 1 aromatic rings. The first-order valence-corrected chi connectivity index (χ1v) is 8.74. The van der Waals surface area contributed by atoms with E-state index in [-0.39, 0.29) is 0 Å². The maximum Gasteiger partial charge on any atom is 0.222 e. The van der Waals surface area contributed by atoms with E-state index in [2.05, 4.69) is 18.2 Å². The van der Waals surface area contributed by atoms with E-state index in [9.17, 15) is 4.79 Å². The number of aryl methyl sites for hydroxylation is 1. The predicted molar refractivity (Wildman–Crippen MR) is 88.6 cm³/mol. The Morgan fingerprint density at radius 1 is 1.27 bits per heavy atom. The highest BCUT2D eigenvalue weighted by molar-refractivity contribution is 5.76. The molecule has 0 aliphatic carbocycles. The second-order valence-corrected chi connectivity index (χ2v) is 6.24. The number of amides is 1. The van der Waals surface area contributed by atoms with Crippen molar-refractivity contribution in [1.82, 2.24) is 14.7 Å².